The zero-order chi connectivity index (χ0) is 15.5. The maximum Gasteiger partial charge on any atom is 0.0594 e. The second kappa shape index (κ2) is 8.11. The standard InChI is InChI=1S/C6H14N2O.5CN.Fe/c7-1-2-8-3-5-9-6-4-8;5*1-2;/h1-7H2;;;;;;. The van der Waals surface area contributed by atoms with Crippen LogP contribution in [0.25, 0.3) is 0 Å². The molecule has 0 atom stereocenters. The molecule has 0 aliphatic carbocycles. The molecular weight excluding hydrogens is 302 g/mol. The molecule has 1 aliphatic heterocycles. The molecule has 1 rings (SSSR count). The fraction of sp³-hybridized carbons (Fsp3) is 0.545. The summed E-state index contributed by atoms with van der Waals surface area (Å²) in [4.78, 5) is 8.45. The summed E-state index contributed by atoms with van der Waals surface area (Å²) >= 11 is -4.78. The molecule has 0 aromatic rings. The van der Waals surface area contributed by atoms with Crippen molar-refractivity contribution in [2.45, 2.75) is 0 Å². The minimum Gasteiger partial charge on any atom is -0.379 e. The summed E-state index contributed by atoms with van der Waals surface area (Å²) in [5.74, 6) is 0. The quantitative estimate of drug-likeness (QED) is 0.659. The van der Waals surface area contributed by atoms with Gasteiger partial charge in [-0.3, -0.25) is 4.90 Å². The van der Waals surface area contributed by atoms with Gasteiger partial charge in [-0.15, -0.1) is 0 Å². The fourth-order valence-electron chi connectivity index (χ4n) is 1.18. The van der Waals surface area contributed by atoms with E-state index in [-0.39, 0.29) is 0 Å². The molecule has 107 valence electrons. The molecule has 0 aromatic heterocycles. The smallest absolute Gasteiger partial charge is 0.0594 e. The van der Waals surface area contributed by atoms with E-state index in [2.05, 4.69) is 4.90 Å². The van der Waals surface area contributed by atoms with Gasteiger partial charge in [0.1, 0.15) is 0 Å². The predicted molar refractivity (Wildman–Crippen MR) is 64.4 cm³/mol. The number of nitrogens with zero attached hydrogens (tertiary/aromatic N) is 6. The average Bonchev–Trinajstić information content (AvgIpc) is 2.54. The monoisotopic (exact) mass is 316 g/mol. The maximum absolute atomic E-state index is 8.35. The molecule has 2 N–H and O–H groups in total. The van der Waals surface area contributed by atoms with Crippen molar-refractivity contribution in [2.24, 2.45) is 5.73 Å². The van der Waals surface area contributed by atoms with Crippen LogP contribution in [0.2, 0.25) is 0 Å². The molecule has 0 bridgehead atoms. The predicted octanol–water partition coefficient (Wildman–Crippen LogP) is -0.641. The van der Waals surface area contributed by atoms with Crippen LogP contribution in [0, 0.1) is 51.1 Å². The first kappa shape index (κ1) is 17.8. The Hall–Kier alpha value is -2.15. The van der Waals surface area contributed by atoms with Gasteiger partial charge in [-0.05, 0) is 0 Å². The summed E-state index contributed by atoms with van der Waals surface area (Å²) in [7, 11) is 0. The molecule has 0 unspecified atom stereocenters. The Bertz CT molecular complexity index is 434. The molecule has 0 saturated carbocycles. The molecule has 0 amide bonds. The molecule has 8 nitrogen and oxygen atoms in total. The molecule has 1 aliphatic rings. The van der Waals surface area contributed by atoms with E-state index < -0.39 is 11.8 Å². The number of nitrogens with two attached hydrogens (primary N) is 1. The van der Waals surface area contributed by atoms with Crippen LogP contribution >= 0.6 is 0 Å². The topological polar surface area (TPSA) is 157 Å². The first-order valence-electron chi connectivity index (χ1n) is 5.44. The normalized spacial score (nSPS) is 16.3. The molecular formula is C11H14FeN7O. The molecule has 0 spiro atoms. The van der Waals surface area contributed by atoms with Crippen LogP contribution in [0.5, 0.6) is 0 Å². The summed E-state index contributed by atoms with van der Waals surface area (Å²) in [6.45, 7) is 5.64. The van der Waals surface area contributed by atoms with Crippen molar-refractivity contribution >= 4 is 0 Å². The minimum absolute atomic E-state index is 0.764. The first-order valence-corrected chi connectivity index (χ1v) is 8.20. The second-order valence-electron chi connectivity index (χ2n) is 3.52. The van der Waals surface area contributed by atoms with Gasteiger partial charge in [0.05, 0.1) is 13.2 Å². The Balaban J connectivity index is 0.000000367. The van der Waals surface area contributed by atoms with Gasteiger partial charge >= 0.3 is 62.9 Å². The van der Waals surface area contributed by atoms with Gasteiger partial charge in [0.25, 0.3) is 0 Å². The van der Waals surface area contributed by atoms with Crippen LogP contribution in [0.3, 0.4) is 0 Å². The van der Waals surface area contributed by atoms with E-state index in [1.807, 2.05) is 0 Å². The van der Waals surface area contributed by atoms with E-state index in [1.54, 1.807) is 0 Å². The van der Waals surface area contributed by atoms with Crippen molar-refractivity contribution in [3.63, 3.8) is 0 Å². The summed E-state index contributed by atoms with van der Waals surface area (Å²) in [6.07, 6.45) is 0. The van der Waals surface area contributed by atoms with Crippen LogP contribution in [-0.2, 0) is 16.5 Å². The Morgan fingerprint density at radius 3 is 1.55 bits per heavy atom. The van der Waals surface area contributed by atoms with Crippen molar-refractivity contribution in [2.75, 3.05) is 39.4 Å². The number of nitriles is 5. The minimum atomic E-state index is -4.78. The average molecular weight is 316 g/mol. The number of morpholine rings is 1. The van der Waals surface area contributed by atoms with E-state index >= 15 is 0 Å². The van der Waals surface area contributed by atoms with E-state index in [9.17, 15) is 0 Å². The van der Waals surface area contributed by atoms with E-state index in [0.717, 1.165) is 39.4 Å². The third kappa shape index (κ3) is 4.20. The molecule has 20 heavy (non-hydrogen) atoms. The zero-order valence-corrected chi connectivity index (χ0v) is 11.9. The first-order chi connectivity index (χ1) is 9.55. The van der Waals surface area contributed by atoms with E-state index in [0.29, 0.717) is 0 Å². The fourth-order valence-corrected chi connectivity index (χ4v) is 1.74. The van der Waals surface area contributed by atoms with Crippen LogP contribution in [0.1, 0.15) is 0 Å². The largest absolute Gasteiger partial charge is 0.379 e. The maximum atomic E-state index is 8.35. The Morgan fingerprint density at radius 1 is 0.900 bits per heavy atom. The van der Waals surface area contributed by atoms with Gasteiger partial charge in [0.15, 0.2) is 0 Å². The number of ether oxygens (including phenoxy) is 1. The zero-order valence-electron chi connectivity index (χ0n) is 10.8. The van der Waals surface area contributed by atoms with Crippen LogP contribution in [-0.4, -0.2) is 44.3 Å². The SMILES string of the molecule is N#[C][Fe]([C]#N)([C]#N)([C]#N)[C]#N.NCCN1CCOCC1. The molecule has 1 heterocycles. The Morgan fingerprint density at radius 2 is 1.30 bits per heavy atom. The molecule has 0 aromatic carbocycles. The molecule has 1 fully saturated rings. The summed E-state index contributed by atoms with van der Waals surface area (Å²) in [5.41, 5.74) is 5.38. The molecule has 1 saturated heterocycles. The third-order valence-corrected chi connectivity index (χ3v) is 4.81. The van der Waals surface area contributed by atoms with Crippen LogP contribution in [0.15, 0.2) is 0 Å². The Kier molecular flexibility index (Phi) is 7.24. The van der Waals surface area contributed by atoms with Gasteiger partial charge in [-0.25, -0.2) is 0 Å². The van der Waals surface area contributed by atoms with Crippen LogP contribution < -0.4 is 5.73 Å². The van der Waals surface area contributed by atoms with Crippen LogP contribution in [0.4, 0.5) is 0 Å². The third-order valence-electron chi connectivity index (χ3n) is 2.34. The molecule has 9 heteroatoms. The number of hydrogen-bond donors (Lipinski definition) is 1. The van der Waals surface area contributed by atoms with E-state index in [4.69, 9.17) is 36.8 Å². The van der Waals surface area contributed by atoms with Gasteiger partial charge in [0, 0.05) is 26.2 Å². The summed E-state index contributed by atoms with van der Waals surface area (Å²) in [6, 6.07) is 0. The van der Waals surface area contributed by atoms with Gasteiger partial charge in [-0.1, -0.05) is 0 Å². The van der Waals surface area contributed by atoms with Crippen molar-refractivity contribution in [3.8, 4) is 24.8 Å². The second-order valence-corrected chi connectivity index (χ2v) is 7.52. The summed E-state index contributed by atoms with van der Waals surface area (Å²) < 4.78 is 5.16. The van der Waals surface area contributed by atoms with Crippen molar-refractivity contribution in [1.29, 1.82) is 26.3 Å². The van der Waals surface area contributed by atoms with Gasteiger partial charge in [0.2, 0.25) is 0 Å². The van der Waals surface area contributed by atoms with Gasteiger partial charge in [-0.2, -0.15) is 0 Å². The number of hydrogen-bond acceptors (Lipinski definition) is 8. The Labute approximate surface area is 118 Å². The van der Waals surface area contributed by atoms with Crippen molar-refractivity contribution in [1.82, 2.24) is 4.90 Å². The van der Waals surface area contributed by atoms with Crippen molar-refractivity contribution in [3.05, 3.63) is 0 Å². The number of rotatable bonds is 2. The molecule has 0 radical (unpaired) electrons. The van der Waals surface area contributed by atoms with Crippen molar-refractivity contribution < 1.29 is 16.5 Å². The van der Waals surface area contributed by atoms with E-state index in [1.165, 1.54) is 24.8 Å². The van der Waals surface area contributed by atoms with Gasteiger partial charge < -0.3 is 10.5 Å². The summed E-state index contributed by atoms with van der Waals surface area (Å²) in [5, 5.41) is 41.8.